The number of hydrogen-bond donors (Lipinski definition) is 1. The Kier molecular flexibility index (Phi) is 5.68. The second-order valence-electron chi connectivity index (χ2n) is 6.75. The summed E-state index contributed by atoms with van der Waals surface area (Å²) in [6.45, 7) is 0. The van der Waals surface area contributed by atoms with Gasteiger partial charge in [0.2, 0.25) is 5.91 Å². The van der Waals surface area contributed by atoms with E-state index in [2.05, 4.69) is 21.2 Å². The molecule has 0 unspecified atom stereocenters. The lowest BCUT2D eigenvalue weighted by molar-refractivity contribution is -0.111. The first kappa shape index (κ1) is 20.6. The highest BCUT2D eigenvalue weighted by Crippen LogP contribution is 2.30. The number of halogens is 1. The number of ether oxygens (including phenoxy) is 1. The van der Waals surface area contributed by atoms with Gasteiger partial charge in [-0.1, -0.05) is 34.1 Å². The van der Waals surface area contributed by atoms with Gasteiger partial charge in [0.25, 0.3) is 11.8 Å². The molecule has 1 aliphatic rings. The number of benzene rings is 3. The third-order valence-electron chi connectivity index (χ3n) is 4.77. The fourth-order valence-corrected chi connectivity index (χ4v) is 3.71. The molecule has 0 fully saturated rings. The second kappa shape index (κ2) is 8.57. The number of nitrogens with zero attached hydrogens (tertiary/aromatic N) is 1. The van der Waals surface area contributed by atoms with Gasteiger partial charge in [0.1, 0.15) is 5.75 Å². The predicted molar refractivity (Wildman–Crippen MR) is 122 cm³/mol. The highest BCUT2D eigenvalue weighted by molar-refractivity contribution is 9.10. The highest BCUT2D eigenvalue weighted by Gasteiger charge is 2.36. The number of nitrogens with one attached hydrogen (secondary N) is 1. The second-order valence-corrected chi connectivity index (χ2v) is 7.67. The molecule has 1 N–H and O–H groups in total. The Morgan fingerprint density at radius 1 is 0.968 bits per heavy atom. The zero-order valence-corrected chi connectivity index (χ0v) is 18.0. The van der Waals surface area contributed by atoms with E-state index in [1.807, 2.05) is 12.1 Å². The summed E-state index contributed by atoms with van der Waals surface area (Å²) in [4.78, 5) is 38.9. The van der Waals surface area contributed by atoms with Gasteiger partial charge in [-0.15, -0.1) is 0 Å². The Bertz CT molecular complexity index is 1200. The molecule has 6 nitrogen and oxygen atoms in total. The van der Waals surface area contributed by atoms with Crippen LogP contribution in [0.15, 0.2) is 77.3 Å². The van der Waals surface area contributed by atoms with Gasteiger partial charge in [0, 0.05) is 21.8 Å². The summed E-state index contributed by atoms with van der Waals surface area (Å²) in [6.07, 6.45) is 3.03. The molecule has 4 rings (SSSR count). The Hall–Kier alpha value is -3.71. The molecule has 154 valence electrons. The zero-order valence-electron chi connectivity index (χ0n) is 16.5. The molecule has 0 aromatic heterocycles. The summed E-state index contributed by atoms with van der Waals surface area (Å²) >= 11 is 3.40. The van der Waals surface area contributed by atoms with Gasteiger partial charge < -0.3 is 10.1 Å². The number of carbonyl (C=O) groups is 3. The Labute approximate surface area is 187 Å². The molecule has 7 heteroatoms. The van der Waals surface area contributed by atoms with Crippen LogP contribution in [0.2, 0.25) is 0 Å². The maximum atomic E-state index is 12.7. The molecule has 3 aromatic rings. The molecule has 3 aromatic carbocycles. The van der Waals surface area contributed by atoms with E-state index in [-0.39, 0.29) is 17.7 Å². The van der Waals surface area contributed by atoms with E-state index in [0.29, 0.717) is 28.3 Å². The van der Waals surface area contributed by atoms with Crippen LogP contribution in [0.25, 0.3) is 6.08 Å². The maximum Gasteiger partial charge on any atom is 0.266 e. The third-order valence-corrected chi connectivity index (χ3v) is 5.27. The zero-order chi connectivity index (χ0) is 22.0. The third kappa shape index (κ3) is 4.13. The maximum absolute atomic E-state index is 12.7. The number of anilines is 2. The number of hydrogen-bond acceptors (Lipinski definition) is 4. The first-order valence-electron chi connectivity index (χ1n) is 9.38. The van der Waals surface area contributed by atoms with Crippen molar-refractivity contribution in [3.63, 3.8) is 0 Å². The standard InChI is InChI=1S/C24H17BrN2O4/c1-31-21-11-10-16(25)13-15(21)9-12-22(28)26-17-5-4-6-18(14-17)27-23(29)19-7-2-3-8-20(19)24(27)30/h2-14H,1H3,(H,26,28). The van der Waals surface area contributed by atoms with Crippen molar-refractivity contribution in [2.75, 3.05) is 17.3 Å². The summed E-state index contributed by atoms with van der Waals surface area (Å²) in [7, 11) is 1.56. The van der Waals surface area contributed by atoms with Crippen molar-refractivity contribution in [2.45, 2.75) is 0 Å². The van der Waals surface area contributed by atoms with Crippen molar-refractivity contribution >= 4 is 51.1 Å². The lowest BCUT2D eigenvalue weighted by Gasteiger charge is -2.15. The SMILES string of the molecule is COc1ccc(Br)cc1C=CC(=O)Nc1cccc(N2C(=O)c3ccccc3C2=O)c1. The van der Waals surface area contributed by atoms with E-state index < -0.39 is 0 Å². The highest BCUT2D eigenvalue weighted by atomic mass is 79.9. The minimum Gasteiger partial charge on any atom is -0.496 e. The summed E-state index contributed by atoms with van der Waals surface area (Å²) in [5.41, 5.74) is 2.33. The molecule has 1 aliphatic heterocycles. The Balaban J connectivity index is 1.52. The van der Waals surface area contributed by atoms with Crippen LogP contribution in [-0.2, 0) is 4.79 Å². The average molecular weight is 477 g/mol. The topological polar surface area (TPSA) is 75.7 Å². The molecule has 0 saturated carbocycles. The van der Waals surface area contributed by atoms with E-state index in [1.54, 1.807) is 67.8 Å². The molecule has 1 heterocycles. The van der Waals surface area contributed by atoms with Crippen LogP contribution < -0.4 is 15.0 Å². The summed E-state index contributed by atoms with van der Waals surface area (Å²) < 4.78 is 6.16. The number of carbonyl (C=O) groups excluding carboxylic acids is 3. The quantitative estimate of drug-likeness (QED) is 0.419. The van der Waals surface area contributed by atoms with Crippen molar-refractivity contribution in [3.05, 3.63) is 94.0 Å². The van der Waals surface area contributed by atoms with Crippen molar-refractivity contribution in [1.29, 1.82) is 0 Å². The van der Waals surface area contributed by atoms with E-state index in [9.17, 15) is 14.4 Å². The van der Waals surface area contributed by atoms with Gasteiger partial charge in [-0.3, -0.25) is 14.4 Å². The van der Waals surface area contributed by atoms with Crippen LogP contribution in [0.5, 0.6) is 5.75 Å². The summed E-state index contributed by atoms with van der Waals surface area (Å²) in [5, 5.41) is 2.75. The molecule has 3 amide bonds. The van der Waals surface area contributed by atoms with Crippen LogP contribution in [0, 0.1) is 0 Å². The summed E-state index contributed by atoms with van der Waals surface area (Å²) in [6, 6.07) is 18.8. The molecule has 0 atom stereocenters. The number of fused-ring (bicyclic) bond motifs is 1. The first-order valence-corrected chi connectivity index (χ1v) is 10.2. The number of rotatable bonds is 5. The van der Waals surface area contributed by atoms with Crippen molar-refractivity contribution in [2.24, 2.45) is 0 Å². The van der Waals surface area contributed by atoms with Gasteiger partial charge in [-0.2, -0.15) is 0 Å². The van der Waals surface area contributed by atoms with Crippen molar-refractivity contribution in [1.82, 2.24) is 0 Å². The largest absolute Gasteiger partial charge is 0.496 e. The van der Waals surface area contributed by atoms with Crippen LogP contribution in [0.4, 0.5) is 11.4 Å². The molecular weight excluding hydrogens is 460 g/mol. The van der Waals surface area contributed by atoms with Gasteiger partial charge in [0.15, 0.2) is 0 Å². The molecular formula is C24H17BrN2O4. The lowest BCUT2D eigenvalue weighted by Crippen LogP contribution is -2.29. The first-order chi connectivity index (χ1) is 15.0. The van der Waals surface area contributed by atoms with Gasteiger partial charge in [0.05, 0.1) is 23.9 Å². The normalized spacial score (nSPS) is 12.9. The number of methoxy groups -OCH3 is 1. The van der Waals surface area contributed by atoms with Crippen molar-refractivity contribution < 1.29 is 19.1 Å². The minimum absolute atomic E-state index is 0.360. The monoisotopic (exact) mass is 476 g/mol. The van der Waals surface area contributed by atoms with Crippen molar-refractivity contribution in [3.8, 4) is 5.75 Å². The number of amides is 3. The van der Waals surface area contributed by atoms with Crippen LogP contribution in [0.3, 0.4) is 0 Å². The van der Waals surface area contributed by atoms with Gasteiger partial charge in [-0.05, 0) is 54.6 Å². The van der Waals surface area contributed by atoms with Gasteiger partial charge >= 0.3 is 0 Å². The van der Waals surface area contributed by atoms with E-state index in [4.69, 9.17) is 4.74 Å². The van der Waals surface area contributed by atoms with Gasteiger partial charge in [-0.25, -0.2) is 4.90 Å². The smallest absolute Gasteiger partial charge is 0.266 e. The van der Waals surface area contributed by atoms with E-state index in [1.165, 1.54) is 6.08 Å². The molecule has 0 spiro atoms. The van der Waals surface area contributed by atoms with Crippen LogP contribution in [-0.4, -0.2) is 24.8 Å². The lowest BCUT2D eigenvalue weighted by atomic mass is 10.1. The fraction of sp³-hybridized carbons (Fsp3) is 0.0417. The Morgan fingerprint density at radius 3 is 2.35 bits per heavy atom. The number of imide groups is 1. The molecule has 0 radical (unpaired) electrons. The molecule has 0 aliphatic carbocycles. The molecule has 0 bridgehead atoms. The summed E-state index contributed by atoms with van der Waals surface area (Å²) in [5.74, 6) is -0.488. The van der Waals surface area contributed by atoms with E-state index >= 15 is 0 Å². The van der Waals surface area contributed by atoms with Crippen LogP contribution in [0.1, 0.15) is 26.3 Å². The molecule has 0 saturated heterocycles. The Morgan fingerprint density at radius 2 is 1.68 bits per heavy atom. The van der Waals surface area contributed by atoms with Crippen LogP contribution >= 0.6 is 15.9 Å². The minimum atomic E-state index is -0.384. The fourth-order valence-electron chi connectivity index (χ4n) is 3.33. The predicted octanol–water partition coefficient (Wildman–Crippen LogP) is 4.91. The molecule has 31 heavy (non-hydrogen) atoms. The average Bonchev–Trinajstić information content (AvgIpc) is 3.03. The van der Waals surface area contributed by atoms with E-state index in [0.717, 1.165) is 14.9 Å².